The average molecular weight is 280 g/mol. The van der Waals surface area contributed by atoms with Crippen molar-refractivity contribution in [1.29, 1.82) is 0 Å². The van der Waals surface area contributed by atoms with E-state index in [9.17, 15) is 4.79 Å². The highest BCUT2D eigenvalue weighted by atomic mass is 16.1. The molecule has 1 aliphatic rings. The average Bonchev–Trinajstić information content (AvgIpc) is 2.55. The lowest BCUT2D eigenvalue weighted by Gasteiger charge is -2.37. The fourth-order valence-corrected chi connectivity index (χ4v) is 2.81. The van der Waals surface area contributed by atoms with Crippen molar-refractivity contribution in [2.75, 3.05) is 36.0 Å². The number of anilines is 2. The molecule has 108 valence electrons. The van der Waals surface area contributed by atoms with E-state index in [0.717, 1.165) is 38.0 Å². The van der Waals surface area contributed by atoms with Gasteiger partial charge in [0.05, 0.1) is 0 Å². The Hall–Kier alpha value is -2.29. The summed E-state index contributed by atoms with van der Waals surface area (Å²) in [6.07, 6.45) is 0.888. The van der Waals surface area contributed by atoms with E-state index >= 15 is 0 Å². The van der Waals surface area contributed by atoms with Crippen LogP contribution in [0.25, 0.3) is 0 Å². The number of rotatable bonds is 3. The second-order valence-corrected chi connectivity index (χ2v) is 5.52. The number of carbonyl (C=O) groups is 1. The molecule has 0 amide bonds. The van der Waals surface area contributed by atoms with Crippen LogP contribution in [0.3, 0.4) is 0 Å². The molecule has 21 heavy (non-hydrogen) atoms. The molecule has 0 atom stereocenters. The lowest BCUT2D eigenvalue weighted by atomic mass is 10.1. The second kappa shape index (κ2) is 6.00. The van der Waals surface area contributed by atoms with Gasteiger partial charge in [-0.25, -0.2) is 0 Å². The largest absolute Gasteiger partial charge is 0.368 e. The van der Waals surface area contributed by atoms with Gasteiger partial charge in [-0.3, -0.25) is 4.79 Å². The van der Waals surface area contributed by atoms with Gasteiger partial charge in [-0.1, -0.05) is 12.1 Å². The lowest BCUT2D eigenvalue weighted by molar-refractivity contribution is 0.112. The molecular formula is C18H20N2O. The first-order valence-corrected chi connectivity index (χ1v) is 7.38. The first kappa shape index (κ1) is 13.7. The van der Waals surface area contributed by atoms with Crippen molar-refractivity contribution >= 4 is 17.7 Å². The van der Waals surface area contributed by atoms with E-state index < -0.39 is 0 Å². The van der Waals surface area contributed by atoms with Crippen LogP contribution in [-0.4, -0.2) is 32.5 Å². The number of piperazine rings is 1. The Bertz CT molecular complexity index is 613. The minimum absolute atomic E-state index is 0.733. The van der Waals surface area contributed by atoms with Crippen molar-refractivity contribution in [3.63, 3.8) is 0 Å². The summed E-state index contributed by atoms with van der Waals surface area (Å²) >= 11 is 0. The summed E-state index contributed by atoms with van der Waals surface area (Å²) in [5.41, 5.74) is 4.55. The van der Waals surface area contributed by atoms with Crippen LogP contribution in [0, 0.1) is 6.92 Å². The molecule has 3 heteroatoms. The third kappa shape index (κ3) is 3.07. The van der Waals surface area contributed by atoms with Crippen molar-refractivity contribution in [2.45, 2.75) is 6.92 Å². The Morgan fingerprint density at radius 2 is 1.48 bits per heavy atom. The van der Waals surface area contributed by atoms with E-state index in [2.05, 4.69) is 41.0 Å². The molecule has 1 fully saturated rings. The summed E-state index contributed by atoms with van der Waals surface area (Å²) in [6.45, 7) is 6.20. The van der Waals surface area contributed by atoms with Gasteiger partial charge >= 0.3 is 0 Å². The Morgan fingerprint density at radius 3 is 2.05 bits per heavy atom. The van der Waals surface area contributed by atoms with Crippen molar-refractivity contribution in [3.8, 4) is 0 Å². The topological polar surface area (TPSA) is 23.6 Å². The zero-order valence-corrected chi connectivity index (χ0v) is 12.3. The third-order valence-electron chi connectivity index (χ3n) is 4.04. The van der Waals surface area contributed by atoms with Crippen LogP contribution in [0.5, 0.6) is 0 Å². The molecule has 2 aromatic rings. The minimum Gasteiger partial charge on any atom is -0.368 e. The molecule has 2 aromatic carbocycles. The smallest absolute Gasteiger partial charge is 0.150 e. The Kier molecular flexibility index (Phi) is 3.91. The number of hydrogen-bond donors (Lipinski definition) is 0. The van der Waals surface area contributed by atoms with Crippen LogP contribution in [0.15, 0.2) is 48.5 Å². The van der Waals surface area contributed by atoms with Crippen LogP contribution in [0.4, 0.5) is 11.4 Å². The van der Waals surface area contributed by atoms with Gasteiger partial charge in [0.15, 0.2) is 0 Å². The van der Waals surface area contributed by atoms with Gasteiger partial charge in [-0.2, -0.15) is 0 Å². The van der Waals surface area contributed by atoms with Crippen LogP contribution in [0.1, 0.15) is 15.9 Å². The van der Waals surface area contributed by atoms with Crippen molar-refractivity contribution in [1.82, 2.24) is 0 Å². The minimum atomic E-state index is 0.733. The molecule has 1 saturated heterocycles. The van der Waals surface area contributed by atoms with Crippen LogP contribution >= 0.6 is 0 Å². The molecule has 0 radical (unpaired) electrons. The number of nitrogens with zero attached hydrogens (tertiary/aromatic N) is 2. The monoisotopic (exact) mass is 280 g/mol. The summed E-state index contributed by atoms with van der Waals surface area (Å²) in [4.78, 5) is 15.5. The molecule has 0 spiro atoms. The first-order valence-electron chi connectivity index (χ1n) is 7.38. The summed E-state index contributed by atoms with van der Waals surface area (Å²) in [7, 11) is 0. The van der Waals surface area contributed by atoms with Gasteiger partial charge in [-0.05, 0) is 48.9 Å². The molecule has 0 aromatic heterocycles. The zero-order valence-electron chi connectivity index (χ0n) is 12.3. The predicted molar refractivity (Wildman–Crippen MR) is 87.4 cm³/mol. The van der Waals surface area contributed by atoms with E-state index in [1.807, 2.05) is 24.3 Å². The van der Waals surface area contributed by atoms with Crippen LogP contribution in [0.2, 0.25) is 0 Å². The van der Waals surface area contributed by atoms with Gasteiger partial charge in [0.2, 0.25) is 0 Å². The molecule has 0 aliphatic carbocycles. The predicted octanol–water partition coefficient (Wildman–Crippen LogP) is 3.13. The maximum atomic E-state index is 10.7. The fraction of sp³-hybridized carbons (Fsp3) is 0.278. The van der Waals surface area contributed by atoms with Gasteiger partial charge in [0.1, 0.15) is 6.29 Å². The summed E-state index contributed by atoms with van der Waals surface area (Å²) in [6, 6.07) is 16.5. The normalized spacial score (nSPS) is 15.1. The van der Waals surface area contributed by atoms with Gasteiger partial charge in [-0.15, -0.1) is 0 Å². The zero-order chi connectivity index (χ0) is 14.7. The fourth-order valence-electron chi connectivity index (χ4n) is 2.81. The Balaban J connectivity index is 1.65. The highest BCUT2D eigenvalue weighted by Crippen LogP contribution is 2.21. The maximum absolute atomic E-state index is 10.7. The molecule has 1 aliphatic heterocycles. The lowest BCUT2D eigenvalue weighted by Crippen LogP contribution is -2.46. The molecule has 0 bridgehead atoms. The molecular weight excluding hydrogens is 260 g/mol. The standard InChI is InChI=1S/C18H20N2O/c1-15-3-2-4-18(13-15)20-11-9-19(10-12-20)17-7-5-16(14-21)6-8-17/h2-8,13-14H,9-12H2,1H3. The SMILES string of the molecule is Cc1cccc(N2CCN(c3ccc(C=O)cc3)CC2)c1. The number of aryl methyl sites for hydroxylation is 1. The summed E-state index contributed by atoms with van der Waals surface area (Å²) < 4.78 is 0. The molecule has 0 unspecified atom stereocenters. The van der Waals surface area contributed by atoms with Gasteiger partial charge in [0.25, 0.3) is 0 Å². The van der Waals surface area contributed by atoms with Crippen molar-refractivity contribution in [3.05, 3.63) is 59.7 Å². The third-order valence-corrected chi connectivity index (χ3v) is 4.04. The number of carbonyl (C=O) groups excluding carboxylic acids is 1. The van der Waals surface area contributed by atoms with E-state index in [4.69, 9.17) is 0 Å². The molecule has 3 rings (SSSR count). The quantitative estimate of drug-likeness (QED) is 0.807. The summed E-state index contributed by atoms with van der Waals surface area (Å²) in [5.74, 6) is 0. The van der Waals surface area contributed by atoms with E-state index in [-0.39, 0.29) is 0 Å². The maximum Gasteiger partial charge on any atom is 0.150 e. The Morgan fingerprint density at radius 1 is 0.857 bits per heavy atom. The second-order valence-electron chi connectivity index (χ2n) is 5.52. The van der Waals surface area contributed by atoms with E-state index in [0.29, 0.717) is 0 Å². The highest BCUT2D eigenvalue weighted by Gasteiger charge is 2.17. The van der Waals surface area contributed by atoms with E-state index in [1.165, 1.54) is 16.9 Å². The number of hydrogen-bond acceptors (Lipinski definition) is 3. The number of aldehydes is 1. The first-order chi connectivity index (χ1) is 10.3. The summed E-state index contributed by atoms with van der Waals surface area (Å²) in [5, 5.41) is 0. The van der Waals surface area contributed by atoms with Gasteiger partial charge in [0, 0.05) is 43.1 Å². The van der Waals surface area contributed by atoms with Gasteiger partial charge < -0.3 is 9.80 Å². The molecule has 0 N–H and O–H groups in total. The van der Waals surface area contributed by atoms with Crippen molar-refractivity contribution in [2.24, 2.45) is 0 Å². The Labute approximate surface area is 125 Å². The van der Waals surface area contributed by atoms with E-state index in [1.54, 1.807) is 0 Å². The molecule has 0 saturated carbocycles. The number of benzene rings is 2. The molecule has 1 heterocycles. The van der Waals surface area contributed by atoms with Crippen LogP contribution < -0.4 is 9.80 Å². The molecule has 3 nitrogen and oxygen atoms in total. The van der Waals surface area contributed by atoms with Crippen LogP contribution in [-0.2, 0) is 0 Å². The highest BCUT2D eigenvalue weighted by molar-refractivity contribution is 5.75. The van der Waals surface area contributed by atoms with Crippen molar-refractivity contribution < 1.29 is 4.79 Å².